The van der Waals surface area contributed by atoms with E-state index in [1.54, 1.807) is 0 Å². The van der Waals surface area contributed by atoms with E-state index in [1.165, 1.54) is 6.92 Å². The predicted octanol–water partition coefficient (Wildman–Crippen LogP) is 0.479. The summed E-state index contributed by atoms with van der Waals surface area (Å²) >= 11 is 0. The van der Waals surface area contributed by atoms with Crippen molar-refractivity contribution in [2.75, 3.05) is 17.7 Å². The van der Waals surface area contributed by atoms with E-state index < -0.39 is 49.5 Å². The Morgan fingerprint density at radius 1 is 1.52 bits per heavy atom. The van der Waals surface area contributed by atoms with Crippen molar-refractivity contribution in [2.45, 2.75) is 13.0 Å². The van der Waals surface area contributed by atoms with E-state index in [2.05, 4.69) is 5.32 Å². The van der Waals surface area contributed by atoms with Gasteiger partial charge in [0.05, 0.1) is 22.4 Å². The van der Waals surface area contributed by atoms with Gasteiger partial charge < -0.3 is 11.1 Å². The second-order valence-electron chi connectivity index (χ2n) is 4.61. The van der Waals surface area contributed by atoms with Crippen molar-refractivity contribution < 1.29 is 22.5 Å². The lowest BCUT2D eigenvalue weighted by Crippen LogP contribution is -2.37. The van der Waals surface area contributed by atoms with E-state index in [0.29, 0.717) is 6.07 Å². The maximum Gasteiger partial charge on any atom is 0.285 e. The molecule has 0 saturated carbocycles. The summed E-state index contributed by atoms with van der Waals surface area (Å²) in [6.07, 6.45) is 0.994. The smallest absolute Gasteiger partial charge is 0.285 e. The molecule has 0 heterocycles. The molecule has 0 spiro atoms. The van der Waals surface area contributed by atoms with Crippen molar-refractivity contribution in [1.82, 2.24) is 5.32 Å². The van der Waals surface area contributed by atoms with Crippen LogP contribution in [0.3, 0.4) is 0 Å². The molecule has 0 aliphatic carbocycles. The van der Waals surface area contributed by atoms with Crippen LogP contribution in [0.5, 0.6) is 0 Å². The highest BCUT2D eigenvalue weighted by Crippen LogP contribution is 2.24. The molecule has 3 N–H and O–H groups in total. The van der Waals surface area contributed by atoms with Gasteiger partial charge in [0, 0.05) is 12.3 Å². The topological polar surface area (TPSA) is 132 Å². The number of nitrogens with two attached hydrogens (primary N) is 1. The van der Waals surface area contributed by atoms with Gasteiger partial charge in [0.1, 0.15) is 15.4 Å². The van der Waals surface area contributed by atoms with Gasteiger partial charge in [0.2, 0.25) is 0 Å². The molecule has 0 aromatic heterocycles. The Balaban J connectivity index is 3.07. The number of benzene rings is 1. The van der Waals surface area contributed by atoms with Crippen molar-refractivity contribution in [2.24, 2.45) is 0 Å². The van der Waals surface area contributed by atoms with E-state index in [-0.39, 0.29) is 5.75 Å². The van der Waals surface area contributed by atoms with Gasteiger partial charge in [-0.05, 0) is 13.0 Å². The van der Waals surface area contributed by atoms with Gasteiger partial charge in [0.15, 0.2) is 5.82 Å². The first kappa shape index (κ1) is 16.8. The SMILES string of the molecule is CC(CS(C)(=O)=O)NC(=O)c1cc(N)c(F)cc1[N+](=O)[O-]. The Kier molecular flexibility index (Phi) is 4.84. The van der Waals surface area contributed by atoms with Crippen LogP contribution in [-0.2, 0) is 9.84 Å². The summed E-state index contributed by atoms with van der Waals surface area (Å²) < 4.78 is 35.4. The zero-order valence-corrected chi connectivity index (χ0v) is 12.1. The fraction of sp³-hybridized carbons (Fsp3) is 0.364. The molecule has 1 amide bonds. The molecule has 1 atom stereocenters. The maximum atomic E-state index is 13.2. The van der Waals surface area contributed by atoms with Crippen LogP contribution < -0.4 is 11.1 Å². The summed E-state index contributed by atoms with van der Waals surface area (Å²) in [5.41, 5.74) is 3.70. The Hall–Kier alpha value is -2.23. The van der Waals surface area contributed by atoms with E-state index >= 15 is 0 Å². The number of hydrogen-bond acceptors (Lipinski definition) is 6. The van der Waals surface area contributed by atoms with Gasteiger partial charge >= 0.3 is 0 Å². The van der Waals surface area contributed by atoms with Crippen LogP contribution in [0.2, 0.25) is 0 Å². The van der Waals surface area contributed by atoms with Crippen molar-refractivity contribution in [1.29, 1.82) is 0 Å². The second-order valence-corrected chi connectivity index (χ2v) is 6.80. The van der Waals surface area contributed by atoms with Crippen LogP contribution in [0.15, 0.2) is 12.1 Å². The Morgan fingerprint density at radius 3 is 2.57 bits per heavy atom. The van der Waals surface area contributed by atoms with Gasteiger partial charge in [0.25, 0.3) is 11.6 Å². The number of anilines is 1. The molecular weight excluding hydrogens is 305 g/mol. The molecule has 10 heteroatoms. The number of rotatable bonds is 5. The highest BCUT2D eigenvalue weighted by molar-refractivity contribution is 7.90. The van der Waals surface area contributed by atoms with Gasteiger partial charge in [-0.2, -0.15) is 0 Å². The number of nitro benzene ring substituents is 1. The highest BCUT2D eigenvalue weighted by Gasteiger charge is 2.24. The molecular formula is C11H14FN3O5S. The number of halogens is 1. The number of nitro groups is 1. The molecule has 0 saturated heterocycles. The summed E-state index contributed by atoms with van der Waals surface area (Å²) in [7, 11) is -3.33. The molecule has 1 rings (SSSR count). The summed E-state index contributed by atoms with van der Waals surface area (Å²) in [6, 6.07) is 0.625. The van der Waals surface area contributed by atoms with Crippen molar-refractivity contribution in [3.63, 3.8) is 0 Å². The number of nitrogens with zero attached hydrogens (tertiary/aromatic N) is 1. The molecule has 21 heavy (non-hydrogen) atoms. The third kappa shape index (κ3) is 4.67. The van der Waals surface area contributed by atoms with Crippen LogP contribution in [0.1, 0.15) is 17.3 Å². The molecule has 0 radical (unpaired) electrons. The van der Waals surface area contributed by atoms with Crippen molar-refractivity contribution >= 4 is 27.1 Å². The lowest BCUT2D eigenvalue weighted by atomic mass is 10.1. The average molecular weight is 319 g/mol. The number of nitrogens with one attached hydrogen (secondary N) is 1. The quantitative estimate of drug-likeness (QED) is 0.461. The Bertz CT molecular complexity index is 689. The number of hydrogen-bond donors (Lipinski definition) is 2. The molecule has 1 aromatic rings. The minimum atomic E-state index is -3.33. The summed E-state index contributed by atoms with van der Waals surface area (Å²) in [5.74, 6) is -2.24. The van der Waals surface area contributed by atoms with Crippen LogP contribution >= 0.6 is 0 Å². The summed E-state index contributed by atoms with van der Waals surface area (Å²) in [6.45, 7) is 1.43. The molecule has 0 aliphatic heterocycles. The number of carbonyl (C=O) groups excluding carboxylic acids is 1. The normalized spacial score (nSPS) is 12.7. The number of sulfone groups is 1. The van der Waals surface area contributed by atoms with Crippen LogP contribution in [0.25, 0.3) is 0 Å². The van der Waals surface area contributed by atoms with E-state index in [4.69, 9.17) is 5.73 Å². The second kappa shape index (κ2) is 6.04. The maximum absolute atomic E-state index is 13.2. The number of nitrogen functional groups attached to an aromatic ring is 1. The first-order valence-corrected chi connectivity index (χ1v) is 7.79. The first-order valence-electron chi connectivity index (χ1n) is 5.73. The van der Waals surface area contributed by atoms with E-state index in [0.717, 1.165) is 12.3 Å². The van der Waals surface area contributed by atoms with Crippen molar-refractivity contribution in [3.8, 4) is 0 Å². The van der Waals surface area contributed by atoms with Crippen molar-refractivity contribution in [3.05, 3.63) is 33.6 Å². The predicted molar refractivity (Wildman–Crippen MR) is 74.1 cm³/mol. The average Bonchev–Trinajstić information content (AvgIpc) is 2.28. The molecule has 8 nitrogen and oxygen atoms in total. The number of amides is 1. The van der Waals surface area contributed by atoms with Crippen LogP contribution in [-0.4, -0.2) is 37.3 Å². The Morgan fingerprint density at radius 2 is 2.10 bits per heavy atom. The molecule has 0 bridgehead atoms. The lowest BCUT2D eigenvalue weighted by Gasteiger charge is -2.13. The van der Waals surface area contributed by atoms with E-state index in [9.17, 15) is 27.7 Å². The molecule has 1 aromatic carbocycles. The van der Waals surface area contributed by atoms with Gasteiger partial charge in [-0.3, -0.25) is 14.9 Å². The molecule has 116 valence electrons. The number of carbonyl (C=O) groups is 1. The molecule has 0 fully saturated rings. The standard InChI is InChI=1S/C11H14FN3O5S/c1-6(5-21(2,19)20)14-11(16)7-3-9(13)8(12)4-10(7)15(17)18/h3-4,6H,5,13H2,1-2H3,(H,14,16). The first-order chi connectivity index (χ1) is 9.51. The van der Waals surface area contributed by atoms with E-state index in [1.807, 2.05) is 0 Å². The third-order valence-electron chi connectivity index (χ3n) is 2.49. The largest absolute Gasteiger partial charge is 0.396 e. The highest BCUT2D eigenvalue weighted by atomic mass is 32.2. The summed E-state index contributed by atoms with van der Waals surface area (Å²) in [4.78, 5) is 21.8. The monoisotopic (exact) mass is 319 g/mol. The third-order valence-corrected chi connectivity index (χ3v) is 3.59. The molecule has 0 aliphatic rings. The molecule has 1 unspecified atom stereocenters. The fourth-order valence-electron chi connectivity index (χ4n) is 1.71. The summed E-state index contributed by atoms with van der Waals surface area (Å²) in [5, 5.41) is 13.1. The van der Waals surface area contributed by atoms with Gasteiger partial charge in [-0.15, -0.1) is 0 Å². The minimum absolute atomic E-state index is 0.330. The van der Waals surface area contributed by atoms with Gasteiger partial charge in [-0.25, -0.2) is 12.8 Å². The minimum Gasteiger partial charge on any atom is -0.396 e. The zero-order chi connectivity index (χ0) is 16.4. The van der Waals surface area contributed by atoms with Crippen LogP contribution in [0.4, 0.5) is 15.8 Å². The zero-order valence-electron chi connectivity index (χ0n) is 11.3. The fourth-order valence-corrected chi connectivity index (χ4v) is 2.70. The Labute approximate surface area is 120 Å². The van der Waals surface area contributed by atoms with Gasteiger partial charge in [-0.1, -0.05) is 0 Å². The lowest BCUT2D eigenvalue weighted by molar-refractivity contribution is -0.385. The van der Waals surface area contributed by atoms with Crippen LogP contribution in [0, 0.1) is 15.9 Å².